The fourth-order valence-corrected chi connectivity index (χ4v) is 4.57. The summed E-state index contributed by atoms with van der Waals surface area (Å²) >= 11 is 6.86. The largest absolute Gasteiger partial charge is 0.348 e. The molecule has 2 unspecified atom stereocenters. The van der Waals surface area contributed by atoms with Crippen LogP contribution in [0.25, 0.3) is 0 Å². The summed E-state index contributed by atoms with van der Waals surface area (Å²) < 4.78 is 1.89. The monoisotopic (exact) mass is 359 g/mol. The van der Waals surface area contributed by atoms with Crippen molar-refractivity contribution in [3.05, 3.63) is 56.6 Å². The molecule has 24 heavy (non-hydrogen) atoms. The van der Waals surface area contributed by atoms with Crippen molar-refractivity contribution in [2.24, 2.45) is 5.92 Å². The van der Waals surface area contributed by atoms with Gasteiger partial charge in [-0.05, 0) is 42.1 Å². The van der Waals surface area contributed by atoms with Gasteiger partial charge in [-0.15, -0.1) is 11.3 Å². The molecule has 4 rings (SSSR count). The van der Waals surface area contributed by atoms with E-state index in [1.54, 1.807) is 12.1 Å². The van der Waals surface area contributed by atoms with Crippen molar-refractivity contribution in [1.82, 2.24) is 14.8 Å². The second-order valence-electron chi connectivity index (χ2n) is 6.34. The van der Waals surface area contributed by atoms with Gasteiger partial charge in [-0.3, -0.25) is 14.9 Å². The predicted molar refractivity (Wildman–Crippen MR) is 97.5 cm³/mol. The molecule has 0 radical (unpaired) electrons. The van der Waals surface area contributed by atoms with E-state index in [-0.39, 0.29) is 17.4 Å². The molecule has 1 fully saturated rings. The SMILES string of the molecule is O=C(NC(=S)N1CC2CC(C1)c1cccc(=O)n1C2)c1cccs1. The normalized spacial score (nSPS) is 21.9. The fourth-order valence-electron chi connectivity index (χ4n) is 3.71. The number of aromatic nitrogens is 1. The highest BCUT2D eigenvalue weighted by Crippen LogP contribution is 2.34. The first-order valence-electron chi connectivity index (χ1n) is 7.95. The van der Waals surface area contributed by atoms with Crippen molar-refractivity contribution < 1.29 is 4.79 Å². The van der Waals surface area contributed by atoms with E-state index in [0.29, 0.717) is 15.9 Å². The van der Waals surface area contributed by atoms with Crippen LogP contribution < -0.4 is 10.9 Å². The summed E-state index contributed by atoms with van der Waals surface area (Å²) in [7, 11) is 0. The number of rotatable bonds is 1. The molecule has 2 aliphatic heterocycles. The Kier molecular flexibility index (Phi) is 3.97. The second kappa shape index (κ2) is 6.14. The van der Waals surface area contributed by atoms with Gasteiger partial charge in [0.2, 0.25) is 0 Å². The lowest BCUT2D eigenvalue weighted by Gasteiger charge is -2.43. The summed E-state index contributed by atoms with van der Waals surface area (Å²) in [5, 5.41) is 5.19. The average molecular weight is 359 g/mol. The molecule has 0 saturated carbocycles. The van der Waals surface area contributed by atoms with Crippen LogP contribution in [0.4, 0.5) is 0 Å². The van der Waals surface area contributed by atoms with Gasteiger partial charge in [0.05, 0.1) is 4.88 Å². The molecule has 2 aliphatic rings. The van der Waals surface area contributed by atoms with E-state index >= 15 is 0 Å². The standard InChI is InChI=1S/C17H17N3O2S2/c21-15-5-1-3-13-12-7-11(9-20(13)15)8-19(10-12)17(23)18-16(22)14-4-2-6-24-14/h1-6,11-12H,7-10H2,(H,18,22,23). The Morgan fingerprint density at radius 1 is 1.21 bits per heavy atom. The number of thiophene rings is 1. The number of carbonyl (C=O) groups is 1. The molecule has 2 aromatic rings. The maximum atomic E-state index is 12.2. The molecule has 4 heterocycles. The van der Waals surface area contributed by atoms with Crippen molar-refractivity contribution in [3.63, 3.8) is 0 Å². The topological polar surface area (TPSA) is 54.3 Å². The third kappa shape index (κ3) is 2.78. The second-order valence-corrected chi connectivity index (χ2v) is 7.67. The highest BCUT2D eigenvalue weighted by molar-refractivity contribution is 7.80. The first-order valence-corrected chi connectivity index (χ1v) is 9.24. The Balaban J connectivity index is 1.50. The number of likely N-dealkylation sites (tertiary alicyclic amines) is 1. The summed E-state index contributed by atoms with van der Waals surface area (Å²) in [6, 6.07) is 9.11. The van der Waals surface area contributed by atoms with E-state index in [4.69, 9.17) is 12.2 Å². The molecule has 0 aliphatic carbocycles. The molecule has 7 heteroatoms. The van der Waals surface area contributed by atoms with Crippen LogP contribution in [0.3, 0.4) is 0 Å². The minimum Gasteiger partial charge on any atom is -0.348 e. The van der Waals surface area contributed by atoms with E-state index in [2.05, 4.69) is 10.2 Å². The summed E-state index contributed by atoms with van der Waals surface area (Å²) in [5.41, 5.74) is 1.15. The number of fused-ring (bicyclic) bond motifs is 4. The summed E-state index contributed by atoms with van der Waals surface area (Å²) in [5.74, 6) is 0.512. The Morgan fingerprint density at radius 2 is 2.08 bits per heavy atom. The molecular weight excluding hydrogens is 342 g/mol. The summed E-state index contributed by atoms with van der Waals surface area (Å²) in [6.45, 7) is 2.24. The van der Waals surface area contributed by atoms with Crippen molar-refractivity contribution in [2.45, 2.75) is 18.9 Å². The van der Waals surface area contributed by atoms with E-state index in [0.717, 1.165) is 31.7 Å². The minimum atomic E-state index is -0.151. The lowest BCUT2D eigenvalue weighted by molar-refractivity contribution is 0.0972. The number of carbonyl (C=O) groups excluding carboxylic acids is 1. The smallest absolute Gasteiger partial charge is 0.267 e. The number of hydrogen-bond acceptors (Lipinski definition) is 4. The van der Waals surface area contributed by atoms with Crippen LogP contribution in [-0.4, -0.2) is 33.6 Å². The van der Waals surface area contributed by atoms with Gasteiger partial charge in [-0.1, -0.05) is 12.1 Å². The number of pyridine rings is 1. The van der Waals surface area contributed by atoms with E-state index in [9.17, 15) is 9.59 Å². The molecule has 1 saturated heterocycles. The summed E-state index contributed by atoms with van der Waals surface area (Å²) in [6.07, 6.45) is 1.07. The molecular formula is C17H17N3O2S2. The van der Waals surface area contributed by atoms with E-state index in [1.807, 2.05) is 28.1 Å². The molecule has 0 spiro atoms. The van der Waals surface area contributed by atoms with Crippen LogP contribution in [0.5, 0.6) is 0 Å². The van der Waals surface area contributed by atoms with Gasteiger partial charge in [-0.2, -0.15) is 0 Å². The van der Waals surface area contributed by atoms with E-state index in [1.165, 1.54) is 11.3 Å². The minimum absolute atomic E-state index is 0.0734. The molecule has 124 valence electrons. The third-order valence-corrected chi connectivity index (χ3v) is 5.96. The third-order valence-electron chi connectivity index (χ3n) is 4.73. The number of piperidine rings is 1. The van der Waals surface area contributed by atoms with Gasteiger partial charge in [0.15, 0.2) is 5.11 Å². The number of hydrogen-bond donors (Lipinski definition) is 1. The summed E-state index contributed by atoms with van der Waals surface area (Å²) in [4.78, 5) is 27.0. The first kappa shape index (κ1) is 15.5. The van der Waals surface area contributed by atoms with Crippen molar-refractivity contribution in [2.75, 3.05) is 13.1 Å². The van der Waals surface area contributed by atoms with Crippen molar-refractivity contribution in [1.29, 1.82) is 0 Å². The van der Waals surface area contributed by atoms with Crippen molar-refractivity contribution in [3.8, 4) is 0 Å². The molecule has 2 atom stereocenters. The zero-order chi connectivity index (χ0) is 16.7. The van der Waals surface area contributed by atoms with Crippen LogP contribution in [-0.2, 0) is 6.54 Å². The maximum Gasteiger partial charge on any atom is 0.267 e. The Labute approximate surface area is 148 Å². The molecule has 1 N–H and O–H groups in total. The maximum absolute atomic E-state index is 12.2. The van der Waals surface area contributed by atoms with Crippen LogP contribution in [0.1, 0.15) is 27.7 Å². The van der Waals surface area contributed by atoms with Gasteiger partial charge < -0.3 is 9.47 Å². The molecule has 5 nitrogen and oxygen atoms in total. The molecule has 2 bridgehead atoms. The van der Waals surface area contributed by atoms with Crippen LogP contribution >= 0.6 is 23.6 Å². The molecule has 1 amide bonds. The Morgan fingerprint density at radius 3 is 2.88 bits per heavy atom. The number of nitrogens with zero attached hydrogens (tertiary/aromatic N) is 2. The highest BCUT2D eigenvalue weighted by Gasteiger charge is 2.35. The van der Waals surface area contributed by atoms with Gasteiger partial charge in [-0.25, -0.2) is 0 Å². The zero-order valence-electron chi connectivity index (χ0n) is 13.0. The van der Waals surface area contributed by atoms with Crippen LogP contribution in [0.2, 0.25) is 0 Å². The van der Waals surface area contributed by atoms with Gasteiger partial charge in [0, 0.05) is 37.3 Å². The first-order chi connectivity index (χ1) is 11.6. The zero-order valence-corrected chi connectivity index (χ0v) is 14.6. The van der Waals surface area contributed by atoms with Crippen LogP contribution in [0.15, 0.2) is 40.5 Å². The number of nitrogens with one attached hydrogen (secondary N) is 1. The molecule has 2 aromatic heterocycles. The van der Waals surface area contributed by atoms with Gasteiger partial charge in [0.1, 0.15) is 0 Å². The average Bonchev–Trinajstić information content (AvgIpc) is 3.10. The predicted octanol–water partition coefficient (Wildman–Crippen LogP) is 2.04. The van der Waals surface area contributed by atoms with Gasteiger partial charge >= 0.3 is 0 Å². The number of thiocarbonyl (C=S) groups is 1. The van der Waals surface area contributed by atoms with Crippen LogP contribution in [0, 0.1) is 5.92 Å². The quantitative estimate of drug-likeness (QED) is 0.792. The highest BCUT2D eigenvalue weighted by atomic mass is 32.1. The Hall–Kier alpha value is -1.99. The Bertz CT molecular complexity index is 844. The number of amides is 1. The molecule has 0 aromatic carbocycles. The fraction of sp³-hybridized carbons (Fsp3) is 0.353. The van der Waals surface area contributed by atoms with Gasteiger partial charge in [0.25, 0.3) is 11.5 Å². The lowest BCUT2D eigenvalue weighted by atomic mass is 9.83. The lowest BCUT2D eigenvalue weighted by Crippen LogP contribution is -2.52. The van der Waals surface area contributed by atoms with E-state index < -0.39 is 0 Å². The van der Waals surface area contributed by atoms with Crippen molar-refractivity contribution >= 4 is 34.6 Å².